The first-order chi connectivity index (χ1) is 13.8. The van der Waals surface area contributed by atoms with Crippen LogP contribution in [0.3, 0.4) is 0 Å². The third-order valence-electron chi connectivity index (χ3n) is 4.25. The molecule has 2 heterocycles. The lowest BCUT2D eigenvalue weighted by Crippen LogP contribution is -2.10. The van der Waals surface area contributed by atoms with Crippen LogP contribution in [0, 0.1) is 0 Å². The highest BCUT2D eigenvalue weighted by Crippen LogP contribution is 2.21. The molecule has 0 unspecified atom stereocenters. The lowest BCUT2D eigenvalue weighted by atomic mass is 10.1. The number of H-pyrrole nitrogens is 1. The van der Waals surface area contributed by atoms with E-state index in [2.05, 4.69) is 20.4 Å². The van der Waals surface area contributed by atoms with E-state index in [-0.39, 0.29) is 5.56 Å². The molecule has 0 amide bonds. The summed E-state index contributed by atoms with van der Waals surface area (Å²) < 4.78 is 6.00. The maximum absolute atomic E-state index is 11.4. The van der Waals surface area contributed by atoms with Crippen LogP contribution >= 0.6 is 0 Å². The summed E-state index contributed by atoms with van der Waals surface area (Å²) in [6, 6.07) is 22.8. The van der Waals surface area contributed by atoms with Gasteiger partial charge >= 0.3 is 0 Å². The second-order valence-electron chi connectivity index (χ2n) is 6.28. The van der Waals surface area contributed by atoms with Crippen LogP contribution in [0.1, 0.15) is 17.0 Å². The van der Waals surface area contributed by atoms with Gasteiger partial charge in [0.15, 0.2) is 11.6 Å². The molecule has 0 aliphatic heterocycles. The van der Waals surface area contributed by atoms with Crippen LogP contribution in [0.25, 0.3) is 5.82 Å². The van der Waals surface area contributed by atoms with Crippen LogP contribution in [0.5, 0.6) is 5.75 Å². The Bertz CT molecular complexity index is 1100. The smallest absolute Gasteiger partial charge is 0.249 e. The van der Waals surface area contributed by atoms with Gasteiger partial charge in [-0.05, 0) is 34.9 Å². The molecule has 2 aromatic carbocycles. The maximum atomic E-state index is 11.4. The van der Waals surface area contributed by atoms with Crippen molar-refractivity contribution in [2.75, 3.05) is 0 Å². The largest absolute Gasteiger partial charge is 0.489 e. The van der Waals surface area contributed by atoms with Crippen molar-refractivity contribution in [3.05, 3.63) is 100 Å². The number of nitrogens with one attached hydrogen (secondary N) is 1. The van der Waals surface area contributed by atoms with Crippen molar-refractivity contribution in [1.29, 1.82) is 0 Å². The number of para-hydroxylation sites is 1. The monoisotopic (exact) mass is 373 g/mol. The van der Waals surface area contributed by atoms with Crippen molar-refractivity contribution in [2.24, 2.45) is 0 Å². The van der Waals surface area contributed by atoms with Crippen LogP contribution in [0.15, 0.2) is 77.6 Å². The molecule has 0 saturated carbocycles. The molecular formula is C21H19N5O2. The Hall–Kier alpha value is -3.74. The number of nitrogens with zero attached hydrogens (tertiary/aromatic N) is 4. The number of benzene rings is 2. The first-order valence-electron chi connectivity index (χ1n) is 9.01. The van der Waals surface area contributed by atoms with Crippen molar-refractivity contribution in [2.45, 2.75) is 19.4 Å². The molecule has 28 heavy (non-hydrogen) atoms. The van der Waals surface area contributed by atoms with Crippen LogP contribution < -0.4 is 10.3 Å². The Labute approximate surface area is 161 Å². The number of rotatable bonds is 7. The number of aromatic nitrogens is 5. The molecule has 7 nitrogen and oxygen atoms in total. The number of tetrazole rings is 1. The summed E-state index contributed by atoms with van der Waals surface area (Å²) in [6.45, 7) is 0.521. The van der Waals surface area contributed by atoms with Gasteiger partial charge in [-0.25, -0.2) is 0 Å². The van der Waals surface area contributed by atoms with Crippen molar-refractivity contribution in [3.63, 3.8) is 0 Å². The van der Waals surface area contributed by atoms with Crippen molar-refractivity contribution in [3.8, 4) is 11.6 Å². The van der Waals surface area contributed by atoms with Gasteiger partial charge in [-0.2, -0.15) is 0 Å². The summed E-state index contributed by atoms with van der Waals surface area (Å²) in [7, 11) is 0. The van der Waals surface area contributed by atoms with E-state index >= 15 is 0 Å². The van der Waals surface area contributed by atoms with Crippen molar-refractivity contribution in [1.82, 2.24) is 25.2 Å². The lowest BCUT2D eigenvalue weighted by Gasteiger charge is -2.11. The van der Waals surface area contributed by atoms with Gasteiger partial charge in [0.05, 0.1) is 0 Å². The third kappa shape index (κ3) is 4.32. The van der Waals surface area contributed by atoms with E-state index in [0.717, 1.165) is 23.3 Å². The summed E-state index contributed by atoms with van der Waals surface area (Å²) in [6.07, 6.45) is 1.34. The minimum atomic E-state index is -0.208. The second kappa shape index (κ2) is 8.30. The van der Waals surface area contributed by atoms with Crippen molar-refractivity contribution >= 4 is 0 Å². The molecule has 1 N–H and O–H groups in total. The molecule has 0 bridgehead atoms. The van der Waals surface area contributed by atoms with Gasteiger partial charge in [0.2, 0.25) is 5.56 Å². The molecule has 2 aromatic heterocycles. The Morgan fingerprint density at radius 1 is 0.893 bits per heavy atom. The van der Waals surface area contributed by atoms with E-state index < -0.39 is 0 Å². The van der Waals surface area contributed by atoms with Crippen molar-refractivity contribution < 1.29 is 4.74 Å². The Morgan fingerprint density at radius 3 is 2.57 bits per heavy atom. The van der Waals surface area contributed by atoms with Gasteiger partial charge in [-0.15, -0.1) is 15.0 Å². The normalized spacial score (nSPS) is 10.7. The maximum Gasteiger partial charge on any atom is 0.249 e. The average molecular weight is 373 g/mol. The molecule has 7 heteroatoms. The molecule has 0 fully saturated rings. The van der Waals surface area contributed by atoms with Crippen LogP contribution in [-0.2, 0) is 19.4 Å². The molecular weight excluding hydrogens is 354 g/mol. The molecule has 0 spiro atoms. The molecule has 0 atom stereocenters. The fourth-order valence-corrected chi connectivity index (χ4v) is 2.83. The highest BCUT2D eigenvalue weighted by Gasteiger charge is 2.09. The van der Waals surface area contributed by atoms with Crippen LogP contribution in [-0.4, -0.2) is 25.2 Å². The van der Waals surface area contributed by atoms with Gasteiger partial charge < -0.3 is 9.72 Å². The zero-order chi connectivity index (χ0) is 19.2. The molecule has 0 aliphatic carbocycles. The molecule has 0 saturated heterocycles. The predicted molar refractivity (Wildman–Crippen MR) is 104 cm³/mol. The number of pyridine rings is 1. The number of hydrogen-bond donors (Lipinski definition) is 1. The Morgan fingerprint density at radius 2 is 1.71 bits per heavy atom. The van der Waals surface area contributed by atoms with E-state index in [1.807, 2.05) is 54.6 Å². The van der Waals surface area contributed by atoms with Gasteiger partial charge in [0, 0.05) is 12.5 Å². The predicted octanol–water partition coefficient (Wildman–Crippen LogP) is 2.71. The number of hydrogen-bond acceptors (Lipinski definition) is 5. The van der Waals surface area contributed by atoms with Gasteiger partial charge in [0.25, 0.3) is 0 Å². The zero-order valence-electron chi connectivity index (χ0n) is 15.2. The summed E-state index contributed by atoms with van der Waals surface area (Å²) in [4.78, 5) is 15.4. The minimum absolute atomic E-state index is 0.208. The van der Waals surface area contributed by atoms with E-state index in [4.69, 9.17) is 4.74 Å². The molecule has 0 aliphatic rings. The second-order valence-corrected chi connectivity index (χ2v) is 6.28. The quantitative estimate of drug-likeness (QED) is 0.538. The Kier molecular flexibility index (Phi) is 5.24. The SMILES string of the molecule is O=c1cccc(-n2nnc(CCc3ccccc3OCc3ccccc3)n2)[nH]1. The summed E-state index contributed by atoms with van der Waals surface area (Å²) in [5.41, 5.74) is 2.00. The minimum Gasteiger partial charge on any atom is -0.489 e. The fourth-order valence-electron chi connectivity index (χ4n) is 2.83. The van der Waals surface area contributed by atoms with E-state index in [1.54, 1.807) is 12.1 Å². The topological polar surface area (TPSA) is 85.7 Å². The molecule has 140 valence electrons. The van der Waals surface area contributed by atoms with E-state index in [0.29, 0.717) is 24.7 Å². The van der Waals surface area contributed by atoms with E-state index in [9.17, 15) is 4.79 Å². The number of aryl methyl sites for hydroxylation is 2. The highest BCUT2D eigenvalue weighted by atomic mass is 16.5. The number of aromatic amines is 1. The fraction of sp³-hybridized carbons (Fsp3) is 0.143. The summed E-state index contributed by atoms with van der Waals surface area (Å²) in [5.74, 6) is 1.94. The first-order valence-corrected chi connectivity index (χ1v) is 9.01. The molecule has 4 aromatic rings. The summed E-state index contributed by atoms with van der Waals surface area (Å²) >= 11 is 0. The lowest BCUT2D eigenvalue weighted by molar-refractivity contribution is 0.303. The summed E-state index contributed by atoms with van der Waals surface area (Å²) in [5, 5.41) is 12.4. The Balaban J connectivity index is 1.42. The molecule has 4 rings (SSSR count). The third-order valence-corrected chi connectivity index (χ3v) is 4.25. The molecule has 0 radical (unpaired) electrons. The van der Waals surface area contributed by atoms with E-state index in [1.165, 1.54) is 10.9 Å². The number of ether oxygens (including phenoxy) is 1. The highest BCUT2D eigenvalue weighted by molar-refractivity contribution is 5.34. The van der Waals surface area contributed by atoms with Crippen LogP contribution in [0.2, 0.25) is 0 Å². The average Bonchev–Trinajstić information content (AvgIpc) is 3.21. The van der Waals surface area contributed by atoms with Crippen LogP contribution in [0.4, 0.5) is 0 Å². The standard InChI is InChI=1S/C21H19N5O2/c27-21-12-6-11-20(22-21)26-24-19(23-25-26)14-13-17-9-4-5-10-18(17)28-15-16-7-2-1-3-8-16/h1-12H,13-15H2,(H,22,27). The van der Waals surface area contributed by atoms with Gasteiger partial charge in [-0.1, -0.05) is 54.6 Å². The van der Waals surface area contributed by atoms with Gasteiger partial charge in [-0.3, -0.25) is 4.79 Å². The first kappa shape index (κ1) is 17.7. The van der Waals surface area contributed by atoms with Gasteiger partial charge in [0.1, 0.15) is 12.4 Å². The zero-order valence-corrected chi connectivity index (χ0v) is 15.2.